The third kappa shape index (κ3) is 2.41. The van der Waals surface area contributed by atoms with Crippen LogP contribution in [0.25, 0.3) is 0 Å². The van der Waals surface area contributed by atoms with E-state index in [9.17, 15) is 0 Å². The first-order valence-corrected chi connectivity index (χ1v) is 7.19. The molecule has 1 fully saturated rings. The number of hydrogen-bond acceptors (Lipinski definition) is 5. The van der Waals surface area contributed by atoms with E-state index in [2.05, 4.69) is 43.0 Å². The Kier molecular flexibility index (Phi) is 3.56. The third-order valence-corrected chi connectivity index (χ3v) is 4.99. The lowest BCUT2D eigenvalue weighted by atomic mass is 10.0. The first-order valence-electron chi connectivity index (χ1n) is 7.19. The lowest BCUT2D eigenvalue weighted by molar-refractivity contribution is 0.234. The standard InChI is InChI=1S/C15H26N4O/c1-9(2)20-13-11(16)12(18-8-19-13)17-7-10-14(3,4)15(10,5)6/h8-10H,7,16H2,1-6H3,(H,17,18,19). The van der Waals surface area contributed by atoms with E-state index in [0.29, 0.717) is 34.1 Å². The Bertz CT molecular complexity index is 483. The van der Waals surface area contributed by atoms with E-state index >= 15 is 0 Å². The average Bonchev–Trinajstić information content (AvgIpc) is 2.71. The highest BCUT2D eigenvalue weighted by Gasteiger charge is 2.64. The van der Waals surface area contributed by atoms with E-state index in [4.69, 9.17) is 10.5 Å². The first-order chi connectivity index (χ1) is 9.18. The van der Waals surface area contributed by atoms with E-state index in [1.807, 2.05) is 13.8 Å². The molecule has 5 heteroatoms. The molecule has 112 valence electrons. The monoisotopic (exact) mass is 278 g/mol. The fourth-order valence-electron chi connectivity index (χ4n) is 2.88. The second kappa shape index (κ2) is 4.79. The zero-order valence-electron chi connectivity index (χ0n) is 13.3. The molecule has 0 spiro atoms. The molecule has 0 aliphatic heterocycles. The summed E-state index contributed by atoms with van der Waals surface area (Å²) in [4.78, 5) is 8.29. The number of aromatic nitrogens is 2. The van der Waals surface area contributed by atoms with Gasteiger partial charge in [-0.3, -0.25) is 0 Å². The molecule has 1 aromatic rings. The van der Waals surface area contributed by atoms with Gasteiger partial charge in [-0.25, -0.2) is 4.98 Å². The molecule has 1 heterocycles. The number of anilines is 2. The number of hydrogen-bond donors (Lipinski definition) is 2. The maximum atomic E-state index is 6.06. The van der Waals surface area contributed by atoms with Gasteiger partial charge in [-0.15, -0.1) is 0 Å². The molecule has 0 unspecified atom stereocenters. The highest BCUT2D eigenvalue weighted by molar-refractivity contribution is 5.66. The van der Waals surface area contributed by atoms with Crippen molar-refractivity contribution in [2.45, 2.75) is 47.6 Å². The highest BCUT2D eigenvalue weighted by atomic mass is 16.5. The van der Waals surface area contributed by atoms with E-state index in [0.717, 1.165) is 6.54 Å². The molecule has 1 aliphatic carbocycles. The van der Waals surface area contributed by atoms with Crippen LogP contribution >= 0.6 is 0 Å². The van der Waals surface area contributed by atoms with Gasteiger partial charge in [0, 0.05) is 6.54 Å². The molecule has 2 rings (SSSR count). The molecule has 0 radical (unpaired) electrons. The number of nitrogens with two attached hydrogens (primary N) is 1. The van der Waals surface area contributed by atoms with Gasteiger partial charge < -0.3 is 15.8 Å². The van der Waals surface area contributed by atoms with Gasteiger partial charge in [0.05, 0.1) is 6.10 Å². The van der Waals surface area contributed by atoms with Crippen molar-refractivity contribution < 1.29 is 4.74 Å². The minimum Gasteiger partial charge on any atom is -0.473 e. The van der Waals surface area contributed by atoms with Gasteiger partial charge in [-0.2, -0.15) is 4.98 Å². The Morgan fingerprint density at radius 3 is 2.35 bits per heavy atom. The highest BCUT2D eigenvalue weighted by Crippen LogP contribution is 2.68. The van der Waals surface area contributed by atoms with Crippen LogP contribution in [0.1, 0.15) is 41.5 Å². The molecule has 1 saturated carbocycles. The Labute approximate surface area is 121 Å². The quantitative estimate of drug-likeness (QED) is 0.866. The second-order valence-electron chi connectivity index (χ2n) is 6.98. The first kappa shape index (κ1) is 14.9. The average molecular weight is 278 g/mol. The lowest BCUT2D eigenvalue weighted by Crippen LogP contribution is -2.14. The summed E-state index contributed by atoms with van der Waals surface area (Å²) >= 11 is 0. The van der Waals surface area contributed by atoms with Crippen molar-refractivity contribution in [1.82, 2.24) is 9.97 Å². The van der Waals surface area contributed by atoms with E-state index in [1.165, 1.54) is 6.33 Å². The molecule has 1 aliphatic rings. The lowest BCUT2D eigenvalue weighted by Gasteiger charge is -2.14. The van der Waals surface area contributed by atoms with Crippen LogP contribution in [-0.2, 0) is 0 Å². The van der Waals surface area contributed by atoms with Crippen molar-refractivity contribution in [3.63, 3.8) is 0 Å². The number of ether oxygens (including phenoxy) is 1. The molecule has 5 nitrogen and oxygen atoms in total. The van der Waals surface area contributed by atoms with Crippen LogP contribution in [0.15, 0.2) is 6.33 Å². The Morgan fingerprint density at radius 1 is 1.25 bits per heavy atom. The molecule has 1 aromatic heterocycles. The minimum atomic E-state index is 0.0429. The van der Waals surface area contributed by atoms with Crippen molar-refractivity contribution in [2.24, 2.45) is 16.7 Å². The molecule has 0 saturated heterocycles. The summed E-state index contributed by atoms with van der Waals surface area (Å²) in [7, 11) is 0. The summed E-state index contributed by atoms with van der Waals surface area (Å²) in [5.74, 6) is 1.72. The SMILES string of the molecule is CC(C)Oc1ncnc(NCC2C(C)(C)C2(C)C)c1N. The summed E-state index contributed by atoms with van der Waals surface area (Å²) in [6.07, 6.45) is 1.53. The van der Waals surface area contributed by atoms with Crippen LogP contribution in [0.5, 0.6) is 5.88 Å². The van der Waals surface area contributed by atoms with E-state index in [1.54, 1.807) is 0 Å². The van der Waals surface area contributed by atoms with Gasteiger partial charge in [0.25, 0.3) is 0 Å². The van der Waals surface area contributed by atoms with Gasteiger partial charge >= 0.3 is 0 Å². The summed E-state index contributed by atoms with van der Waals surface area (Å²) in [6.45, 7) is 14.0. The maximum absolute atomic E-state index is 6.06. The van der Waals surface area contributed by atoms with Crippen molar-refractivity contribution in [2.75, 3.05) is 17.6 Å². The van der Waals surface area contributed by atoms with Gasteiger partial charge in [-0.05, 0) is 30.6 Å². The van der Waals surface area contributed by atoms with Crippen LogP contribution in [0.2, 0.25) is 0 Å². The normalized spacial score (nSPS) is 19.9. The Hall–Kier alpha value is -1.52. The van der Waals surface area contributed by atoms with Crippen molar-refractivity contribution in [1.29, 1.82) is 0 Å². The topological polar surface area (TPSA) is 73.1 Å². The minimum absolute atomic E-state index is 0.0429. The van der Waals surface area contributed by atoms with E-state index in [-0.39, 0.29) is 6.10 Å². The fourth-order valence-corrected chi connectivity index (χ4v) is 2.88. The maximum Gasteiger partial charge on any atom is 0.242 e. The zero-order chi connectivity index (χ0) is 15.1. The number of rotatable bonds is 5. The van der Waals surface area contributed by atoms with Crippen LogP contribution in [-0.4, -0.2) is 22.6 Å². The smallest absolute Gasteiger partial charge is 0.242 e. The largest absolute Gasteiger partial charge is 0.473 e. The van der Waals surface area contributed by atoms with Crippen molar-refractivity contribution in [3.8, 4) is 5.88 Å². The van der Waals surface area contributed by atoms with E-state index < -0.39 is 0 Å². The summed E-state index contributed by atoms with van der Waals surface area (Å²) in [5.41, 5.74) is 7.24. The van der Waals surface area contributed by atoms with Crippen molar-refractivity contribution in [3.05, 3.63) is 6.33 Å². The molecule has 0 bridgehead atoms. The fraction of sp³-hybridized carbons (Fsp3) is 0.733. The summed E-state index contributed by atoms with van der Waals surface area (Å²) in [5, 5.41) is 3.34. The summed E-state index contributed by atoms with van der Waals surface area (Å²) < 4.78 is 5.57. The van der Waals surface area contributed by atoms with Crippen LogP contribution in [0, 0.1) is 16.7 Å². The predicted molar refractivity (Wildman–Crippen MR) is 81.8 cm³/mol. The Morgan fingerprint density at radius 2 is 1.85 bits per heavy atom. The molecule has 0 amide bonds. The van der Waals surface area contributed by atoms with Crippen LogP contribution in [0.4, 0.5) is 11.5 Å². The van der Waals surface area contributed by atoms with Crippen LogP contribution in [0.3, 0.4) is 0 Å². The second-order valence-corrected chi connectivity index (χ2v) is 6.98. The molecule has 3 N–H and O–H groups in total. The molecular formula is C15H26N4O. The Balaban J connectivity index is 2.04. The zero-order valence-corrected chi connectivity index (χ0v) is 13.3. The number of nitrogen functional groups attached to an aromatic ring is 1. The molecule has 20 heavy (non-hydrogen) atoms. The molecule has 0 atom stereocenters. The summed E-state index contributed by atoms with van der Waals surface area (Å²) in [6, 6.07) is 0. The van der Waals surface area contributed by atoms with Gasteiger partial charge in [0.15, 0.2) is 5.82 Å². The predicted octanol–water partition coefficient (Wildman–Crippen LogP) is 2.94. The van der Waals surface area contributed by atoms with Crippen molar-refractivity contribution >= 4 is 11.5 Å². The number of nitrogens with zero attached hydrogens (tertiary/aromatic N) is 2. The third-order valence-electron chi connectivity index (χ3n) is 4.99. The molecule has 0 aromatic carbocycles. The van der Waals surface area contributed by atoms with Gasteiger partial charge in [-0.1, -0.05) is 27.7 Å². The van der Waals surface area contributed by atoms with Gasteiger partial charge in [0.1, 0.15) is 12.0 Å². The number of nitrogens with one attached hydrogen (secondary N) is 1. The van der Waals surface area contributed by atoms with Crippen LogP contribution < -0.4 is 15.8 Å². The van der Waals surface area contributed by atoms with Gasteiger partial charge in [0.2, 0.25) is 5.88 Å². The molecular weight excluding hydrogens is 252 g/mol.